The predicted octanol–water partition coefficient (Wildman–Crippen LogP) is 2.44. The number of methoxy groups -OCH3 is 1. The van der Waals surface area contributed by atoms with Crippen LogP contribution in [0.4, 0.5) is 4.39 Å². The maximum Gasteiger partial charge on any atom is 0.348 e. The van der Waals surface area contributed by atoms with Gasteiger partial charge in [0.15, 0.2) is 0 Å². The Hall–Kier alpha value is -1.58. The lowest BCUT2D eigenvalue weighted by Gasteiger charge is -2.20. The quantitative estimate of drug-likeness (QED) is 0.740. The number of carbonyl (C=O) groups is 1. The van der Waals surface area contributed by atoms with Crippen LogP contribution in [0.5, 0.6) is 5.75 Å². The maximum atomic E-state index is 14.2. The second kappa shape index (κ2) is 4.96. The van der Waals surface area contributed by atoms with E-state index in [4.69, 9.17) is 4.74 Å². The van der Waals surface area contributed by atoms with Crippen molar-refractivity contribution < 1.29 is 18.7 Å². The van der Waals surface area contributed by atoms with Crippen LogP contribution in [-0.2, 0) is 15.2 Å². The number of rotatable bonds is 4. The SMILES string of the molecule is CCOc1ccccc1C(C)(F)C(=O)OC. The van der Waals surface area contributed by atoms with Gasteiger partial charge < -0.3 is 9.47 Å². The number of alkyl halides is 1. The summed E-state index contributed by atoms with van der Waals surface area (Å²) in [5.41, 5.74) is -2.01. The molecule has 4 heteroatoms. The summed E-state index contributed by atoms with van der Waals surface area (Å²) in [4.78, 5) is 11.3. The van der Waals surface area contributed by atoms with Crippen LogP contribution in [0.1, 0.15) is 19.4 Å². The molecule has 0 bridgehead atoms. The largest absolute Gasteiger partial charge is 0.493 e. The van der Waals surface area contributed by atoms with Gasteiger partial charge in [-0.1, -0.05) is 18.2 Å². The van der Waals surface area contributed by atoms with E-state index in [-0.39, 0.29) is 5.56 Å². The second-order valence-corrected chi connectivity index (χ2v) is 3.42. The van der Waals surface area contributed by atoms with Crippen LogP contribution in [-0.4, -0.2) is 19.7 Å². The monoisotopic (exact) mass is 226 g/mol. The number of halogens is 1. The van der Waals surface area contributed by atoms with Gasteiger partial charge in [0, 0.05) is 5.56 Å². The molecular formula is C12H15FO3. The Bertz CT molecular complexity index is 374. The summed E-state index contributed by atoms with van der Waals surface area (Å²) in [7, 11) is 1.16. The first-order valence-electron chi connectivity index (χ1n) is 5.03. The van der Waals surface area contributed by atoms with Crippen molar-refractivity contribution in [2.75, 3.05) is 13.7 Å². The van der Waals surface area contributed by atoms with Crippen LogP contribution < -0.4 is 4.74 Å². The standard InChI is InChI=1S/C12H15FO3/c1-4-16-10-8-6-5-7-9(10)12(2,13)11(14)15-3/h5-8H,4H2,1-3H3. The van der Waals surface area contributed by atoms with Crippen LogP contribution in [0.2, 0.25) is 0 Å². The molecule has 1 aromatic carbocycles. The van der Waals surface area contributed by atoms with E-state index in [0.717, 1.165) is 14.0 Å². The van der Waals surface area contributed by atoms with Gasteiger partial charge in [-0.25, -0.2) is 9.18 Å². The number of esters is 1. The Labute approximate surface area is 94.2 Å². The summed E-state index contributed by atoms with van der Waals surface area (Å²) in [6.07, 6.45) is 0. The molecule has 0 saturated heterocycles. The van der Waals surface area contributed by atoms with Gasteiger partial charge >= 0.3 is 5.97 Å². The molecule has 0 radical (unpaired) electrons. The average Bonchev–Trinajstić information content (AvgIpc) is 2.29. The van der Waals surface area contributed by atoms with Crippen LogP contribution in [0.3, 0.4) is 0 Å². The van der Waals surface area contributed by atoms with Gasteiger partial charge in [0.1, 0.15) is 5.75 Å². The summed E-state index contributed by atoms with van der Waals surface area (Å²) in [5, 5.41) is 0. The van der Waals surface area contributed by atoms with Crippen molar-refractivity contribution in [3.05, 3.63) is 29.8 Å². The summed E-state index contributed by atoms with van der Waals surface area (Å²) in [6.45, 7) is 3.37. The van der Waals surface area contributed by atoms with Crippen molar-refractivity contribution >= 4 is 5.97 Å². The van der Waals surface area contributed by atoms with E-state index >= 15 is 0 Å². The Kier molecular flexibility index (Phi) is 3.88. The highest BCUT2D eigenvalue weighted by Crippen LogP contribution is 2.34. The smallest absolute Gasteiger partial charge is 0.348 e. The van der Waals surface area contributed by atoms with Gasteiger partial charge in [0.2, 0.25) is 5.67 Å². The molecule has 88 valence electrons. The Morgan fingerprint density at radius 1 is 1.44 bits per heavy atom. The van der Waals surface area contributed by atoms with Gasteiger partial charge in [-0.2, -0.15) is 0 Å². The molecule has 0 aliphatic rings. The second-order valence-electron chi connectivity index (χ2n) is 3.42. The van der Waals surface area contributed by atoms with Gasteiger partial charge in [-0.05, 0) is 19.9 Å². The van der Waals surface area contributed by atoms with Crippen molar-refractivity contribution in [1.29, 1.82) is 0 Å². The minimum Gasteiger partial charge on any atom is -0.493 e. The fourth-order valence-electron chi connectivity index (χ4n) is 1.44. The van der Waals surface area contributed by atoms with E-state index in [1.807, 2.05) is 0 Å². The molecule has 0 aromatic heterocycles. The lowest BCUT2D eigenvalue weighted by molar-refractivity contribution is -0.154. The van der Waals surface area contributed by atoms with E-state index in [2.05, 4.69) is 4.74 Å². The van der Waals surface area contributed by atoms with E-state index in [0.29, 0.717) is 12.4 Å². The molecule has 0 aliphatic heterocycles. The molecule has 1 rings (SSSR count). The molecule has 0 aliphatic carbocycles. The first-order chi connectivity index (χ1) is 7.54. The topological polar surface area (TPSA) is 35.5 Å². The van der Waals surface area contributed by atoms with Crippen molar-refractivity contribution in [1.82, 2.24) is 0 Å². The van der Waals surface area contributed by atoms with Gasteiger partial charge in [-0.15, -0.1) is 0 Å². The number of benzene rings is 1. The molecule has 0 saturated carbocycles. The highest BCUT2D eigenvalue weighted by molar-refractivity contribution is 5.81. The zero-order valence-electron chi connectivity index (χ0n) is 9.62. The summed E-state index contributed by atoms with van der Waals surface area (Å²) >= 11 is 0. The first kappa shape index (κ1) is 12.5. The zero-order valence-corrected chi connectivity index (χ0v) is 9.62. The normalized spacial score (nSPS) is 14.0. The number of hydrogen-bond acceptors (Lipinski definition) is 3. The molecule has 1 atom stereocenters. The van der Waals surface area contributed by atoms with Crippen molar-refractivity contribution in [2.24, 2.45) is 0 Å². The van der Waals surface area contributed by atoms with Crippen LogP contribution in [0, 0.1) is 0 Å². The third-order valence-corrected chi connectivity index (χ3v) is 2.26. The highest BCUT2D eigenvalue weighted by Gasteiger charge is 2.38. The zero-order chi connectivity index (χ0) is 12.2. The van der Waals surface area contributed by atoms with Gasteiger partial charge in [0.05, 0.1) is 13.7 Å². The summed E-state index contributed by atoms with van der Waals surface area (Å²) in [6, 6.07) is 6.52. The van der Waals surface area contributed by atoms with Gasteiger partial charge in [-0.3, -0.25) is 0 Å². The number of hydrogen-bond donors (Lipinski definition) is 0. The summed E-state index contributed by atoms with van der Waals surface area (Å²) < 4.78 is 23.9. The highest BCUT2D eigenvalue weighted by atomic mass is 19.1. The average molecular weight is 226 g/mol. The van der Waals surface area contributed by atoms with Crippen LogP contribution in [0.25, 0.3) is 0 Å². The molecular weight excluding hydrogens is 211 g/mol. The molecule has 1 aromatic rings. The van der Waals surface area contributed by atoms with Crippen LogP contribution in [0.15, 0.2) is 24.3 Å². The lowest BCUT2D eigenvalue weighted by atomic mass is 9.97. The molecule has 0 spiro atoms. The third-order valence-electron chi connectivity index (χ3n) is 2.26. The van der Waals surface area contributed by atoms with E-state index < -0.39 is 11.6 Å². The number of ether oxygens (including phenoxy) is 2. The number of para-hydroxylation sites is 1. The Morgan fingerprint density at radius 2 is 2.06 bits per heavy atom. The molecule has 16 heavy (non-hydrogen) atoms. The van der Waals surface area contributed by atoms with Crippen molar-refractivity contribution in [3.63, 3.8) is 0 Å². The van der Waals surface area contributed by atoms with Crippen LogP contribution >= 0.6 is 0 Å². The van der Waals surface area contributed by atoms with Gasteiger partial charge in [0.25, 0.3) is 0 Å². The van der Waals surface area contributed by atoms with E-state index in [1.165, 1.54) is 6.07 Å². The van der Waals surface area contributed by atoms with Crippen molar-refractivity contribution in [2.45, 2.75) is 19.5 Å². The predicted molar refractivity (Wildman–Crippen MR) is 58.1 cm³/mol. The minimum absolute atomic E-state index is 0.184. The number of carbonyl (C=O) groups excluding carboxylic acids is 1. The minimum atomic E-state index is -2.19. The Morgan fingerprint density at radius 3 is 2.62 bits per heavy atom. The maximum absolute atomic E-state index is 14.2. The molecule has 0 heterocycles. The molecule has 1 unspecified atom stereocenters. The fraction of sp³-hybridized carbons (Fsp3) is 0.417. The lowest BCUT2D eigenvalue weighted by Crippen LogP contribution is -2.29. The summed E-state index contributed by atoms with van der Waals surface area (Å²) in [5.74, 6) is -0.569. The Balaban J connectivity index is 3.15. The first-order valence-corrected chi connectivity index (χ1v) is 5.03. The molecule has 0 fully saturated rings. The van der Waals surface area contributed by atoms with E-state index in [9.17, 15) is 9.18 Å². The van der Waals surface area contributed by atoms with Crippen molar-refractivity contribution in [3.8, 4) is 5.75 Å². The molecule has 3 nitrogen and oxygen atoms in total. The van der Waals surface area contributed by atoms with E-state index in [1.54, 1.807) is 25.1 Å². The molecule has 0 amide bonds. The molecule has 0 N–H and O–H groups in total. The fourth-order valence-corrected chi connectivity index (χ4v) is 1.44. The third kappa shape index (κ3) is 2.32.